The molecule has 0 aliphatic heterocycles. The minimum atomic E-state index is 0.0475. The Morgan fingerprint density at radius 2 is 0.593 bits per heavy atom. The van der Waals surface area contributed by atoms with Gasteiger partial charge in [0.05, 0.1) is 22.8 Å². The van der Waals surface area contributed by atoms with Crippen LogP contribution in [0.2, 0.25) is 0 Å². The van der Waals surface area contributed by atoms with Gasteiger partial charge in [-0.2, -0.15) is 0 Å². The molecule has 0 aliphatic carbocycles. The molecule has 0 amide bonds. The van der Waals surface area contributed by atoms with E-state index < -0.39 is 0 Å². The predicted molar refractivity (Wildman–Crippen MR) is 223 cm³/mol. The molecule has 0 atom stereocenters. The fourth-order valence-electron chi connectivity index (χ4n) is 7.94. The quantitative estimate of drug-likeness (QED) is 0.188. The monoisotopic (exact) mass is 692 g/mol. The molecular weight excluding hydrogens is 661 g/mol. The van der Waals surface area contributed by atoms with E-state index in [-0.39, 0.29) is 11.5 Å². The number of nitrogens with zero attached hydrogens (tertiary/aromatic N) is 2. The lowest BCUT2D eigenvalue weighted by Gasteiger charge is -2.19. The van der Waals surface area contributed by atoms with Crippen molar-refractivity contribution in [2.24, 2.45) is 0 Å². The third-order valence-corrected chi connectivity index (χ3v) is 10.5. The Balaban J connectivity index is 1.20. The molecule has 0 saturated carbocycles. The molecule has 0 saturated heterocycles. The van der Waals surface area contributed by atoms with Gasteiger partial charge in [0, 0.05) is 33.4 Å². The lowest BCUT2D eigenvalue weighted by atomic mass is 9.87. The summed E-state index contributed by atoms with van der Waals surface area (Å²) in [4.78, 5) is 10.3. The van der Waals surface area contributed by atoms with Crippen molar-refractivity contribution in [2.75, 3.05) is 0 Å². The van der Waals surface area contributed by atoms with Crippen molar-refractivity contribution in [3.63, 3.8) is 0 Å². The minimum absolute atomic E-state index is 0.0475. The molecule has 54 heavy (non-hydrogen) atoms. The average molecular weight is 693 g/mol. The number of fused-ring (bicyclic) bond motifs is 4. The summed E-state index contributed by atoms with van der Waals surface area (Å²) in [7, 11) is 0. The Morgan fingerprint density at radius 3 is 1.02 bits per heavy atom. The Kier molecular flexibility index (Phi) is 7.41. The van der Waals surface area contributed by atoms with Gasteiger partial charge in [0.15, 0.2) is 0 Å². The maximum atomic E-state index is 12.5. The second kappa shape index (κ2) is 12.7. The zero-order chi connectivity index (χ0) is 36.2. The van der Waals surface area contributed by atoms with Gasteiger partial charge in [-0.15, -0.1) is 0 Å². The van der Waals surface area contributed by atoms with E-state index in [4.69, 9.17) is 9.97 Å². The van der Waals surface area contributed by atoms with Gasteiger partial charge in [-0.3, -0.25) is 0 Å². The van der Waals surface area contributed by atoms with Gasteiger partial charge in [0.25, 0.3) is 0 Å². The van der Waals surface area contributed by atoms with Crippen LogP contribution in [0, 0.1) is 0 Å². The van der Waals surface area contributed by atoms with E-state index in [1.54, 1.807) is 0 Å². The first-order valence-electron chi connectivity index (χ1n) is 18.0. The molecule has 2 heterocycles. The van der Waals surface area contributed by atoms with E-state index in [2.05, 4.69) is 48.5 Å². The molecule has 2 N–H and O–H groups in total. The van der Waals surface area contributed by atoms with Crippen LogP contribution in [-0.2, 0) is 0 Å². The topological polar surface area (TPSA) is 66.2 Å². The lowest BCUT2D eigenvalue weighted by Crippen LogP contribution is -1.95. The molecule has 2 aromatic heterocycles. The van der Waals surface area contributed by atoms with Crippen LogP contribution >= 0.6 is 0 Å². The van der Waals surface area contributed by atoms with Gasteiger partial charge in [0.1, 0.15) is 11.5 Å². The Bertz CT molecular complexity index is 2870. The zero-order valence-corrected chi connectivity index (χ0v) is 29.1. The number of hydrogen-bond acceptors (Lipinski definition) is 4. The van der Waals surface area contributed by atoms with Gasteiger partial charge in [-0.1, -0.05) is 146 Å². The number of phenolic OH excluding ortho intramolecular Hbond substituents is 2. The Labute approximate surface area is 311 Å². The third kappa shape index (κ3) is 5.15. The SMILES string of the molecule is Oc1c(-c2cccc(-c3cccc4ccccc34)n2)cc2ccccc2c1-c1c(O)c(-c2cccc(-c3cccc4ccccc34)n2)cc2ccccc12. The summed E-state index contributed by atoms with van der Waals surface area (Å²) in [6.45, 7) is 0. The number of pyridine rings is 2. The van der Waals surface area contributed by atoms with Crippen LogP contribution in [0.15, 0.2) is 182 Å². The highest BCUT2D eigenvalue weighted by Gasteiger charge is 2.24. The number of aromatic hydroxyl groups is 2. The highest BCUT2D eigenvalue weighted by atomic mass is 16.3. The van der Waals surface area contributed by atoms with Crippen molar-refractivity contribution >= 4 is 43.1 Å². The number of benzene rings is 8. The molecule has 0 unspecified atom stereocenters. The molecule has 0 fully saturated rings. The fraction of sp³-hybridized carbons (Fsp3) is 0. The number of hydrogen-bond donors (Lipinski definition) is 2. The molecule has 10 rings (SSSR count). The van der Waals surface area contributed by atoms with E-state index in [1.807, 2.05) is 133 Å². The molecule has 4 nitrogen and oxygen atoms in total. The number of phenols is 2. The molecule has 10 aromatic rings. The first-order valence-corrected chi connectivity index (χ1v) is 18.0. The second-order valence-corrected chi connectivity index (χ2v) is 13.6. The minimum Gasteiger partial charge on any atom is -0.507 e. The smallest absolute Gasteiger partial charge is 0.133 e. The number of aromatic nitrogens is 2. The molecule has 0 radical (unpaired) electrons. The second-order valence-electron chi connectivity index (χ2n) is 13.6. The number of rotatable bonds is 5. The Morgan fingerprint density at radius 1 is 0.278 bits per heavy atom. The van der Waals surface area contributed by atoms with E-state index in [1.165, 1.54) is 0 Å². The van der Waals surface area contributed by atoms with Crippen LogP contribution in [0.4, 0.5) is 0 Å². The zero-order valence-electron chi connectivity index (χ0n) is 29.1. The van der Waals surface area contributed by atoms with Crippen molar-refractivity contribution < 1.29 is 10.2 Å². The molecule has 4 heteroatoms. The molecule has 0 spiro atoms. The standard InChI is InChI=1S/C50H32N2O2/c53-49-41(45-27-11-25-43(51-45)39-23-9-17-31-13-1-5-19-35(31)39)29-33-15-3-7-21-37(33)47(49)48-38-22-8-4-16-34(38)30-42(50(48)54)46-28-12-26-44(52-46)40-24-10-18-32-14-2-6-20-36(32)40/h1-30,53-54H. The van der Waals surface area contributed by atoms with Crippen LogP contribution < -0.4 is 0 Å². The molecule has 0 bridgehead atoms. The van der Waals surface area contributed by atoms with Crippen LogP contribution in [-0.4, -0.2) is 20.2 Å². The van der Waals surface area contributed by atoms with Crippen LogP contribution in [0.3, 0.4) is 0 Å². The predicted octanol–water partition coefficient (Wildman–Crippen LogP) is 12.8. The normalized spacial score (nSPS) is 11.5. The van der Waals surface area contributed by atoms with Crippen molar-refractivity contribution in [1.82, 2.24) is 9.97 Å². The summed E-state index contributed by atoms with van der Waals surface area (Å²) in [5, 5.41) is 33.0. The summed E-state index contributed by atoms with van der Waals surface area (Å²) < 4.78 is 0. The summed E-state index contributed by atoms with van der Waals surface area (Å²) in [6, 6.07) is 60.8. The molecule has 8 aromatic carbocycles. The first kappa shape index (κ1) is 31.4. The summed E-state index contributed by atoms with van der Waals surface area (Å²) >= 11 is 0. The van der Waals surface area contributed by atoms with Crippen molar-refractivity contribution in [2.45, 2.75) is 0 Å². The van der Waals surface area contributed by atoms with Crippen LogP contribution in [0.5, 0.6) is 11.5 Å². The van der Waals surface area contributed by atoms with Crippen molar-refractivity contribution in [3.05, 3.63) is 182 Å². The first-order chi connectivity index (χ1) is 26.6. The van der Waals surface area contributed by atoms with E-state index in [0.29, 0.717) is 33.6 Å². The largest absolute Gasteiger partial charge is 0.507 e. The van der Waals surface area contributed by atoms with Crippen LogP contribution in [0.25, 0.3) is 99.2 Å². The van der Waals surface area contributed by atoms with Gasteiger partial charge in [0.2, 0.25) is 0 Å². The highest BCUT2D eigenvalue weighted by molar-refractivity contribution is 6.14. The van der Waals surface area contributed by atoms with Gasteiger partial charge >= 0.3 is 0 Å². The highest BCUT2D eigenvalue weighted by Crippen LogP contribution is 2.51. The van der Waals surface area contributed by atoms with Gasteiger partial charge < -0.3 is 10.2 Å². The van der Waals surface area contributed by atoms with E-state index >= 15 is 0 Å². The van der Waals surface area contributed by atoms with Crippen LogP contribution in [0.1, 0.15) is 0 Å². The van der Waals surface area contributed by atoms with Crippen molar-refractivity contribution in [3.8, 4) is 67.7 Å². The van der Waals surface area contributed by atoms with E-state index in [0.717, 1.165) is 65.6 Å². The summed E-state index contributed by atoms with van der Waals surface area (Å²) in [5.74, 6) is 0.0951. The average Bonchev–Trinajstić information content (AvgIpc) is 3.23. The van der Waals surface area contributed by atoms with E-state index in [9.17, 15) is 10.2 Å². The molecular formula is C50H32N2O2. The maximum absolute atomic E-state index is 12.5. The lowest BCUT2D eigenvalue weighted by molar-refractivity contribution is 0.472. The maximum Gasteiger partial charge on any atom is 0.133 e. The fourth-order valence-corrected chi connectivity index (χ4v) is 7.94. The van der Waals surface area contributed by atoms with Gasteiger partial charge in [-0.25, -0.2) is 9.97 Å². The molecule has 0 aliphatic rings. The summed E-state index contributed by atoms with van der Waals surface area (Å²) in [6.07, 6.45) is 0. The third-order valence-electron chi connectivity index (χ3n) is 10.5. The van der Waals surface area contributed by atoms with Gasteiger partial charge in [-0.05, 0) is 79.5 Å². The van der Waals surface area contributed by atoms with Crippen molar-refractivity contribution in [1.29, 1.82) is 0 Å². The molecule has 254 valence electrons. The summed E-state index contributed by atoms with van der Waals surface area (Å²) in [5.41, 5.74) is 7.17. The Hall–Kier alpha value is -7.30.